The predicted octanol–water partition coefficient (Wildman–Crippen LogP) is 1.86. The van der Waals surface area contributed by atoms with Crippen molar-refractivity contribution in [3.05, 3.63) is 29.3 Å². The Morgan fingerprint density at radius 1 is 1.21 bits per heavy atom. The topological polar surface area (TPSA) is 74.8 Å². The molecule has 7 heteroatoms. The van der Waals surface area contributed by atoms with E-state index in [2.05, 4.69) is 39.1 Å². The number of benzene rings is 1. The summed E-state index contributed by atoms with van der Waals surface area (Å²) in [6.07, 6.45) is 0.846. The van der Waals surface area contributed by atoms with E-state index in [-0.39, 0.29) is 29.9 Å². The molecule has 1 amide bonds. The maximum Gasteiger partial charge on any atom is 0.216 e. The highest BCUT2D eigenvalue weighted by atomic mass is 127. The second kappa shape index (κ2) is 12.9. The molecule has 0 saturated carbocycles. The van der Waals surface area contributed by atoms with Gasteiger partial charge in [-0.15, -0.1) is 24.0 Å². The third kappa shape index (κ3) is 8.95. The van der Waals surface area contributed by atoms with Crippen molar-refractivity contribution in [1.82, 2.24) is 16.0 Å². The maximum absolute atomic E-state index is 10.8. The lowest BCUT2D eigenvalue weighted by molar-refractivity contribution is -0.118. The molecule has 6 nitrogen and oxygen atoms in total. The van der Waals surface area contributed by atoms with Crippen LogP contribution in [0.3, 0.4) is 0 Å². The van der Waals surface area contributed by atoms with Crippen molar-refractivity contribution in [2.45, 2.75) is 27.2 Å². The standard InChI is InChI=1S/C17H28N4O2.HI/c1-5-18-17(21-11-10-19-14(3)22)20-9-8-15-7-6-13(2)16(12-15)23-4;/h6-7,12H,5,8-11H2,1-4H3,(H,19,22)(H2,18,20,21);1H. The minimum absolute atomic E-state index is 0. The van der Waals surface area contributed by atoms with E-state index in [0.29, 0.717) is 19.6 Å². The van der Waals surface area contributed by atoms with Crippen LogP contribution < -0.4 is 20.7 Å². The van der Waals surface area contributed by atoms with Gasteiger partial charge in [0, 0.05) is 33.1 Å². The van der Waals surface area contributed by atoms with Crippen molar-refractivity contribution in [3.8, 4) is 5.75 Å². The molecule has 0 radical (unpaired) electrons. The smallest absolute Gasteiger partial charge is 0.216 e. The molecular formula is C17H29IN4O2. The van der Waals surface area contributed by atoms with Crippen molar-refractivity contribution in [1.29, 1.82) is 0 Å². The van der Waals surface area contributed by atoms with Gasteiger partial charge in [-0.2, -0.15) is 0 Å². The summed E-state index contributed by atoms with van der Waals surface area (Å²) in [5.74, 6) is 1.64. The van der Waals surface area contributed by atoms with Crippen molar-refractivity contribution in [2.75, 3.05) is 33.3 Å². The number of carbonyl (C=O) groups excluding carboxylic acids is 1. The van der Waals surface area contributed by atoms with Gasteiger partial charge in [0.25, 0.3) is 0 Å². The minimum atomic E-state index is -0.0259. The molecule has 0 aromatic heterocycles. The summed E-state index contributed by atoms with van der Waals surface area (Å²) in [6.45, 7) is 8.26. The van der Waals surface area contributed by atoms with Gasteiger partial charge in [0.2, 0.25) is 5.91 Å². The fourth-order valence-electron chi connectivity index (χ4n) is 2.08. The first-order valence-corrected chi connectivity index (χ1v) is 7.97. The highest BCUT2D eigenvalue weighted by Gasteiger charge is 2.01. The molecule has 1 aromatic rings. The fourth-order valence-corrected chi connectivity index (χ4v) is 2.08. The molecular weight excluding hydrogens is 419 g/mol. The molecule has 0 saturated heterocycles. The zero-order valence-electron chi connectivity index (χ0n) is 14.9. The van der Waals surface area contributed by atoms with E-state index in [1.807, 2.05) is 13.8 Å². The summed E-state index contributed by atoms with van der Waals surface area (Å²) in [4.78, 5) is 15.4. The highest BCUT2D eigenvalue weighted by Crippen LogP contribution is 2.19. The average molecular weight is 448 g/mol. The number of aryl methyl sites for hydroxylation is 1. The Bertz CT molecular complexity index is 535. The molecule has 1 rings (SSSR count). The summed E-state index contributed by atoms with van der Waals surface area (Å²) >= 11 is 0. The summed E-state index contributed by atoms with van der Waals surface area (Å²) in [6, 6.07) is 6.22. The number of methoxy groups -OCH3 is 1. The lowest BCUT2D eigenvalue weighted by Crippen LogP contribution is -2.41. The fraction of sp³-hybridized carbons (Fsp3) is 0.529. The lowest BCUT2D eigenvalue weighted by atomic mass is 10.1. The van der Waals surface area contributed by atoms with E-state index < -0.39 is 0 Å². The molecule has 0 spiro atoms. The summed E-state index contributed by atoms with van der Waals surface area (Å²) in [7, 11) is 1.69. The van der Waals surface area contributed by atoms with Crippen LogP contribution in [-0.2, 0) is 11.2 Å². The quantitative estimate of drug-likeness (QED) is 0.246. The number of hydrogen-bond donors (Lipinski definition) is 3. The molecule has 136 valence electrons. The summed E-state index contributed by atoms with van der Waals surface area (Å²) < 4.78 is 5.34. The molecule has 0 aliphatic rings. The van der Waals surface area contributed by atoms with Crippen LogP contribution in [0.15, 0.2) is 23.2 Å². The number of halogens is 1. The highest BCUT2D eigenvalue weighted by molar-refractivity contribution is 14.0. The Labute approximate surface area is 161 Å². The van der Waals surface area contributed by atoms with Gasteiger partial charge < -0.3 is 20.7 Å². The van der Waals surface area contributed by atoms with E-state index in [1.54, 1.807) is 7.11 Å². The number of nitrogens with zero attached hydrogens (tertiary/aromatic N) is 1. The molecule has 1 aromatic carbocycles. The van der Waals surface area contributed by atoms with Crippen molar-refractivity contribution in [3.63, 3.8) is 0 Å². The molecule has 0 fully saturated rings. The largest absolute Gasteiger partial charge is 0.496 e. The number of aliphatic imine (C=N–C) groups is 1. The molecule has 0 aliphatic heterocycles. The van der Waals surface area contributed by atoms with Crippen LogP contribution in [0.5, 0.6) is 5.75 Å². The van der Waals surface area contributed by atoms with E-state index in [4.69, 9.17) is 4.74 Å². The van der Waals surface area contributed by atoms with Crippen LogP contribution in [-0.4, -0.2) is 45.2 Å². The first-order chi connectivity index (χ1) is 11.1. The number of amides is 1. The molecule has 0 heterocycles. The Morgan fingerprint density at radius 3 is 2.54 bits per heavy atom. The van der Waals surface area contributed by atoms with Crippen LogP contribution in [0.2, 0.25) is 0 Å². The number of ether oxygens (including phenoxy) is 1. The van der Waals surface area contributed by atoms with Gasteiger partial charge in [-0.3, -0.25) is 9.79 Å². The van der Waals surface area contributed by atoms with E-state index in [0.717, 1.165) is 30.2 Å². The zero-order valence-corrected chi connectivity index (χ0v) is 17.3. The van der Waals surface area contributed by atoms with Crippen LogP contribution >= 0.6 is 24.0 Å². The molecule has 24 heavy (non-hydrogen) atoms. The maximum atomic E-state index is 10.8. The van der Waals surface area contributed by atoms with Gasteiger partial charge in [-0.05, 0) is 37.5 Å². The Kier molecular flexibility index (Phi) is 12.0. The number of hydrogen-bond acceptors (Lipinski definition) is 3. The average Bonchev–Trinajstić information content (AvgIpc) is 2.52. The van der Waals surface area contributed by atoms with Crippen molar-refractivity contribution in [2.24, 2.45) is 4.99 Å². The van der Waals surface area contributed by atoms with Crippen molar-refractivity contribution >= 4 is 35.8 Å². The zero-order chi connectivity index (χ0) is 17.1. The van der Waals surface area contributed by atoms with Crippen LogP contribution in [0.1, 0.15) is 25.0 Å². The number of nitrogens with one attached hydrogen (secondary N) is 3. The summed E-state index contributed by atoms with van der Waals surface area (Å²) in [5.41, 5.74) is 2.33. The first-order valence-electron chi connectivity index (χ1n) is 7.97. The Morgan fingerprint density at radius 2 is 1.92 bits per heavy atom. The predicted molar refractivity (Wildman–Crippen MR) is 110 cm³/mol. The van der Waals surface area contributed by atoms with Crippen molar-refractivity contribution < 1.29 is 9.53 Å². The van der Waals surface area contributed by atoms with E-state index in [9.17, 15) is 4.79 Å². The van der Waals surface area contributed by atoms with Crippen LogP contribution in [0, 0.1) is 6.92 Å². The molecule has 0 atom stereocenters. The summed E-state index contributed by atoms with van der Waals surface area (Å²) in [5, 5.41) is 9.13. The van der Waals surface area contributed by atoms with Crippen LogP contribution in [0.25, 0.3) is 0 Å². The third-order valence-corrected chi connectivity index (χ3v) is 3.28. The van der Waals surface area contributed by atoms with Gasteiger partial charge in [0.05, 0.1) is 7.11 Å². The third-order valence-electron chi connectivity index (χ3n) is 3.28. The minimum Gasteiger partial charge on any atom is -0.496 e. The normalized spacial score (nSPS) is 10.6. The first kappa shape index (κ1) is 22.5. The van der Waals surface area contributed by atoms with E-state index in [1.165, 1.54) is 12.5 Å². The lowest BCUT2D eigenvalue weighted by Gasteiger charge is -2.11. The van der Waals surface area contributed by atoms with Gasteiger partial charge in [-0.1, -0.05) is 12.1 Å². The monoisotopic (exact) mass is 448 g/mol. The number of carbonyl (C=O) groups is 1. The number of rotatable bonds is 8. The Balaban J connectivity index is 0.00000529. The van der Waals surface area contributed by atoms with Gasteiger partial charge >= 0.3 is 0 Å². The second-order valence-electron chi connectivity index (χ2n) is 5.22. The van der Waals surface area contributed by atoms with Gasteiger partial charge in [0.1, 0.15) is 5.75 Å². The van der Waals surface area contributed by atoms with Gasteiger partial charge in [-0.25, -0.2) is 0 Å². The Hall–Kier alpha value is -1.51. The van der Waals surface area contributed by atoms with E-state index >= 15 is 0 Å². The second-order valence-corrected chi connectivity index (χ2v) is 5.22. The number of guanidine groups is 1. The molecule has 0 bridgehead atoms. The SMILES string of the molecule is CCNC(=NCCc1ccc(C)c(OC)c1)NCCNC(C)=O.I. The molecule has 0 aliphatic carbocycles. The van der Waals surface area contributed by atoms with Gasteiger partial charge in [0.15, 0.2) is 5.96 Å². The molecule has 0 unspecified atom stereocenters. The molecule has 3 N–H and O–H groups in total. The van der Waals surface area contributed by atoms with Crippen LogP contribution in [0.4, 0.5) is 0 Å².